The number of halogens is 1. The van der Waals surface area contributed by atoms with Crippen molar-refractivity contribution in [3.63, 3.8) is 0 Å². The third-order valence-corrected chi connectivity index (χ3v) is 1.80. The number of carbonyl (C=O) groups is 2. The van der Waals surface area contributed by atoms with Crippen LogP contribution in [0.25, 0.3) is 0 Å². The average Bonchev–Trinajstić information content (AvgIpc) is 2.11. The van der Waals surface area contributed by atoms with Crippen molar-refractivity contribution in [2.75, 3.05) is 12.5 Å². The molecule has 76 valence electrons. The van der Waals surface area contributed by atoms with Crippen molar-refractivity contribution in [2.24, 2.45) is 5.92 Å². The molecule has 0 aliphatic rings. The third kappa shape index (κ3) is 6.58. The van der Waals surface area contributed by atoms with E-state index in [0.717, 1.165) is 0 Å². The third-order valence-electron chi connectivity index (χ3n) is 1.58. The molecule has 0 spiro atoms. The summed E-state index contributed by atoms with van der Waals surface area (Å²) in [6.07, 6.45) is 1.05. The van der Waals surface area contributed by atoms with Gasteiger partial charge in [0.1, 0.15) is 11.7 Å². The fraction of sp³-hybridized carbons (Fsp3) is 0.778. The van der Waals surface area contributed by atoms with Gasteiger partial charge in [-0.25, -0.2) is 0 Å². The Morgan fingerprint density at radius 1 is 1.38 bits per heavy atom. The molecule has 0 aliphatic carbocycles. The van der Waals surface area contributed by atoms with Gasteiger partial charge in [-0.05, 0) is 6.42 Å². The zero-order valence-corrected chi connectivity index (χ0v) is 8.76. The van der Waals surface area contributed by atoms with Crippen molar-refractivity contribution in [2.45, 2.75) is 26.7 Å². The van der Waals surface area contributed by atoms with E-state index in [-0.39, 0.29) is 24.2 Å². The highest BCUT2D eigenvalue weighted by atomic mass is 35.5. The summed E-state index contributed by atoms with van der Waals surface area (Å²) >= 11 is 5.20. The Morgan fingerprint density at radius 2 is 2.00 bits per heavy atom. The van der Waals surface area contributed by atoms with Gasteiger partial charge in [-0.1, -0.05) is 13.8 Å². The molecule has 0 bridgehead atoms. The molecule has 0 aromatic rings. The summed E-state index contributed by atoms with van der Waals surface area (Å²) in [4.78, 5) is 21.6. The first-order valence-electron chi connectivity index (χ1n) is 4.32. The Kier molecular flexibility index (Phi) is 6.59. The van der Waals surface area contributed by atoms with Crippen LogP contribution in [0.15, 0.2) is 0 Å². The van der Waals surface area contributed by atoms with Crippen LogP contribution in [-0.2, 0) is 14.3 Å². The van der Waals surface area contributed by atoms with Gasteiger partial charge in [-0.2, -0.15) is 0 Å². The normalized spacial score (nSPS) is 10.2. The SMILES string of the molecule is CC(C)C(=O)CCCOC(=O)CCl. The molecule has 0 rings (SSSR count). The molecule has 13 heavy (non-hydrogen) atoms. The van der Waals surface area contributed by atoms with Crippen molar-refractivity contribution in [1.29, 1.82) is 0 Å². The lowest BCUT2D eigenvalue weighted by atomic mass is 10.1. The van der Waals surface area contributed by atoms with Gasteiger partial charge in [0.25, 0.3) is 0 Å². The van der Waals surface area contributed by atoms with Gasteiger partial charge < -0.3 is 4.74 Å². The monoisotopic (exact) mass is 206 g/mol. The summed E-state index contributed by atoms with van der Waals surface area (Å²) in [6, 6.07) is 0. The molecule has 3 nitrogen and oxygen atoms in total. The van der Waals surface area contributed by atoms with Crippen LogP contribution in [0.1, 0.15) is 26.7 Å². The standard InChI is InChI=1S/C9H15ClO3/c1-7(2)8(11)4-3-5-13-9(12)6-10/h7H,3-6H2,1-2H3. The minimum absolute atomic E-state index is 0.0590. The minimum atomic E-state index is -0.432. The van der Waals surface area contributed by atoms with E-state index in [1.165, 1.54) is 0 Å². The Hall–Kier alpha value is -0.570. The van der Waals surface area contributed by atoms with Crippen molar-refractivity contribution in [3.05, 3.63) is 0 Å². The van der Waals surface area contributed by atoms with Crippen molar-refractivity contribution in [1.82, 2.24) is 0 Å². The summed E-state index contributed by atoms with van der Waals surface area (Å²) in [5.41, 5.74) is 0. The summed E-state index contributed by atoms with van der Waals surface area (Å²) in [5.74, 6) is -0.303. The molecular weight excluding hydrogens is 192 g/mol. The van der Waals surface area contributed by atoms with E-state index in [9.17, 15) is 9.59 Å². The predicted molar refractivity (Wildman–Crippen MR) is 50.8 cm³/mol. The van der Waals surface area contributed by atoms with Crippen LogP contribution in [-0.4, -0.2) is 24.2 Å². The molecule has 0 saturated carbocycles. The highest BCUT2D eigenvalue weighted by Gasteiger charge is 2.07. The van der Waals surface area contributed by atoms with E-state index in [4.69, 9.17) is 16.3 Å². The molecule has 0 heterocycles. The summed E-state index contributed by atoms with van der Waals surface area (Å²) in [6.45, 7) is 3.99. The second kappa shape index (κ2) is 6.89. The largest absolute Gasteiger partial charge is 0.465 e. The highest BCUT2D eigenvalue weighted by Crippen LogP contribution is 2.01. The number of carbonyl (C=O) groups excluding carboxylic acids is 2. The topological polar surface area (TPSA) is 43.4 Å². The Morgan fingerprint density at radius 3 is 2.46 bits per heavy atom. The van der Waals surface area contributed by atoms with Gasteiger partial charge in [0, 0.05) is 12.3 Å². The lowest BCUT2D eigenvalue weighted by Gasteiger charge is -2.04. The first-order valence-corrected chi connectivity index (χ1v) is 4.85. The van der Waals surface area contributed by atoms with Gasteiger partial charge >= 0.3 is 5.97 Å². The number of alkyl halides is 1. The molecule has 0 radical (unpaired) electrons. The molecule has 0 saturated heterocycles. The Bertz CT molecular complexity index is 178. The van der Waals surface area contributed by atoms with Crippen molar-refractivity contribution < 1.29 is 14.3 Å². The minimum Gasteiger partial charge on any atom is -0.465 e. The van der Waals surface area contributed by atoms with Crippen LogP contribution in [0.5, 0.6) is 0 Å². The fourth-order valence-electron chi connectivity index (χ4n) is 0.760. The number of Topliss-reactive ketones (excluding diaryl/α,β-unsaturated/α-hetero) is 1. The first-order chi connectivity index (χ1) is 6.07. The lowest BCUT2D eigenvalue weighted by molar-refractivity contribution is -0.141. The van der Waals surface area contributed by atoms with Gasteiger partial charge in [-0.15, -0.1) is 11.6 Å². The number of hydrogen-bond acceptors (Lipinski definition) is 3. The zero-order chi connectivity index (χ0) is 10.3. The van der Waals surface area contributed by atoms with E-state index in [1.807, 2.05) is 13.8 Å². The molecule has 0 aromatic heterocycles. The Balaban J connectivity index is 3.36. The zero-order valence-electron chi connectivity index (χ0n) is 8.01. The second-order valence-corrected chi connectivity index (χ2v) is 3.35. The second-order valence-electron chi connectivity index (χ2n) is 3.08. The van der Waals surface area contributed by atoms with Crippen LogP contribution in [0.4, 0.5) is 0 Å². The smallest absolute Gasteiger partial charge is 0.320 e. The molecule has 0 amide bonds. The first kappa shape index (κ1) is 12.4. The number of esters is 1. The van der Waals surface area contributed by atoms with E-state index in [2.05, 4.69) is 0 Å². The van der Waals surface area contributed by atoms with Gasteiger partial charge in [0.05, 0.1) is 6.61 Å². The quantitative estimate of drug-likeness (QED) is 0.378. The number of rotatable bonds is 6. The molecule has 0 N–H and O–H groups in total. The van der Waals surface area contributed by atoms with Crippen LogP contribution in [0, 0.1) is 5.92 Å². The van der Waals surface area contributed by atoms with E-state index >= 15 is 0 Å². The molecule has 0 aliphatic heterocycles. The van der Waals surface area contributed by atoms with Gasteiger partial charge in [-0.3, -0.25) is 9.59 Å². The average molecular weight is 207 g/mol. The Labute approximate surface area is 83.4 Å². The van der Waals surface area contributed by atoms with Gasteiger partial charge in [0.15, 0.2) is 0 Å². The molecule has 4 heteroatoms. The molecule has 0 atom stereocenters. The molecule has 0 aromatic carbocycles. The lowest BCUT2D eigenvalue weighted by Crippen LogP contribution is -2.11. The fourth-order valence-corrected chi connectivity index (χ4v) is 0.837. The molecular formula is C9H15ClO3. The highest BCUT2D eigenvalue weighted by molar-refractivity contribution is 6.26. The van der Waals surface area contributed by atoms with Crippen LogP contribution in [0.2, 0.25) is 0 Å². The summed E-state index contributed by atoms with van der Waals surface area (Å²) in [7, 11) is 0. The molecule has 0 fully saturated rings. The summed E-state index contributed by atoms with van der Waals surface area (Å²) in [5, 5.41) is 0. The predicted octanol–water partition coefficient (Wildman–Crippen LogP) is 1.77. The van der Waals surface area contributed by atoms with Crippen LogP contribution in [0.3, 0.4) is 0 Å². The van der Waals surface area contributed by atoms with Crippen LogP contribution >= 0.6 is 11.6 Å². The van der Waals surface area contributed by atoms with E-state index < -0.39 is 5.97 Å². The van der Waals surface area contributed by atoms with E-state index in [1.54, 1.807) is 0 Å². The number of ether oxygens (including phenoxy) is 1. The van der Waals surface area contributed by atoms with Crippen LogP contribution < -0.4 is 0 Å². The number of ketones is 1. The van der Waals surface area contributed by atoms with Crippen molar-refractivity contribution in [3.8, 4) is 0 Å². The van der Waals surface area contributed by atoms with Crippen molar-refractivity contribution >= 4 is 23.4 Å². The molecule has 0 unspecified atom stereocenters. The maximum absolute atomic E-state index is 11.1. The number of hydrogen-bond donors (Lipinski definition) is 0. The maximum Gasteiger partial charge on any atom is 0.320 e. The van der Waals surface area contributed by atoms with E-state index in [0.29, 0.717) is 12.8 Å². The maximum atomic E-state index is 11.1. The summed E-state index contributed by atoms with van der Waals surface area (Å²) < 4.78 is 4.70. The van der Waals surface area contributed by atoms with Gasteiger partial charge in [0.2, 0.25) is 0 Å².